The zero-order valence-corrected chi connectivity index (χ0v) is 15.4. The van der Waals surface area contributed by atoms with Gasteiger partial charge in [-0.25, -0.2) is 0 Å². The molecule has 0 spiro atoms. The average molecular weight is 365 g/mol. The first-order valence-corrected chi connectivity index (χ1v) is 8.73. The summed E-state index contributed by atoms with van der Waals surface area (Å²) in [6.45, 7) is 3.90. The first kappa shape index (κ1) is 20.0. The normalized spacial score (nSPS) is 11.3. The summed E-state index contributed by atoms with van der Waals surface area (Å²) in [4.78, 5) is 24.6. The van der Waals surface area contributed by atoms with Gasteiger partial charge in [-0.05, 0) is 35.7 Å². The van der Waals surface area contributed by atoms with Crippen molar-refractivity contribution in [2.75, 3.05) is 6.61 Å². The van der Waals surface area contributed by atoms with Crippen molar-refractivity contribution in [3.63, 3.8) is 0 Å². The fourth-order valence-corrected chi connectivity index (χ4v) is 2.41. The van der Waals surface area contributed by atoms with Crippen molar-refractivity contribution in [3.05, 3.63) is 65.7 Å². The lowest BCUT2D eigenvalue weighted by atomic mass is 10.0. The van der Waals surface area contributed by atoms with Crippen LogP contribution in [0.5, 0.6) is 5.75 Å². The fourth-order valence-electron chi connectivity index (χ4n) is 2.41. The molecule has 0 fully saturated rings. The second-order valence-corrected chi connectivity index (χ2v) is 6.42. The van der Waals surface area contributed by atoms with Crippen molar-refractivity contribution in [2.45, 2.75) is 26.4 Å². The van der Waals surface area contributed by atoms with Gasteiger partial charge in [-0.15, -0.1) is 0 Å². The third-order valence-corrected chi connectivity index (χ3v) is 3.93. The molecule has 6 heteroatoms. The zero-order valence-electron chi connectivity index (χ0n) is 15.4. The third kappa shape index (κ3) is 6.48. The van der Waals surface area contributed by atoms with Crippen LogP contribution in [0.3, 0.4) is 0 Å². The van der Waals surface area contributed by atoms with Crippen LogP contribution in [-0.4, -0.2) is 24.5 Å². The van der Waals surface area contributed by atoms with Gasteiger partial charge in [0.1, 0.15) is 11.8 Å². The maximum atomic E-state index is 12.5. The summed E-state index contributed by atoms with van der Waals surface area (Å²) in [6, 6.07) is 17.4. The molecule has 140 valence electrons. The molecule has 0 bridgehead atoms. The molecule has 27 heavy (non-hydrogen) atoms. The number of carbonyl (C=O) groups is 2. The molecule has 0 radical (unpaired) electrons. The van der Waals surface area contributed by atoms with Crippen molar-refractivity contribution < 1.29 is 14.3 Å². The molecule has 0 aliphatic carbocycles. The van der Waals surface area contributed by atoms with Crippen LogP contribution in [0.2, 0.25) is 0 Å². The molecule has 2 rings (SSSR count). The Balaban J connectivity index is 1.86. The fraction of sp³-hybridized carbons (Fsp3) is 0.286. The Bertz CT molecular complexity index is 796. The highest BCUT2D eigenvalue weighted by Crippen LogP contribution is 2.08. The molecule has 1 atom stereocenters. The van der Waals surface area contributed by atoms with E-state index in [4.69, 9.17) is 10.00 Å². The van der Waals surface area contributed by atoms with E-state index in [1.807, 2.05) is 32.0 Å². The maximum Gasteiger partial charge on any atom is 0.258 e. The highest BCUT2D eigenvalue weighted by atomic mass is 16.5. The van der Waals surface area contributed by atoms with Gasteiger partial charge in [0.05, 0.1) is 11.6 Å². The minimum absolute atomic E-state index is 0.0772. The first-order chi connectivity index (χ1) is 13.0. The lowest BCUT2D eigenvalue weighted by Crippen LogP contribution is -2.50. The summed E-state index contributed by atoms with van der Waals surface area (Å²) in [5.74, 6) is -0.0980. The first-order valence-electron chi connectivity index (χ1n) is 8.73. The van der Waals surface area contributed by atoms with E-state index < -0.39 is 6.04 Å². The van der Waals surface area contributed by atoms with Crippen LogP contribution in [-0.2, 0) is 16.1 Å². The van der Waals surface area contributed by atoms with Gasteiger partial charge >= 0.3 is 0 Å². The van der Waals surface area contributed by atoms with Crippen LogP contribution in [0.15, 0.2) is 54.6 Å². The van der Waals surface area contributed by atoms with Gasteiger partial charge in [0.25, 0.3) is 5.91 Å². The molecule has 0 saturated heterocycles. The number of hydrogen-bond donors (Lipinski definition) is 2. The quantitative estimate of drug-likeness (QED) is 0.751. The molecule has 0 aromatic heterocycles. The average Bonchev–Trinajstić information content (AvgIpc) is 2.69. The van der Waals surface area contributed by atoms with Gasteiger partial charge in [0.15, 0.2) is 6.61 Å². The number of para-hydroxylation sites is 1. The zero-order chi connectivity index (χ0) is 19.6. The van der Waals surface area contributed by atoms with E-state index in [0.717, 1.165) is 5.56 Å². The van der Waals surface area contributed by atoms with Crippen LogP contribution < -0.4 is 15.4 Å². The van der Waals surface area contributed by atoms with E-state index in [1.54, 1.807) is 36.4 Å². The van der Waals surface area contributed by atoms with E-state index in [-0.39, 0.29) is 24.3 Å². The summed E-state index contributed by atoms with van der Waals surface area (Å²) >= 11 is 0. The lowest BCUT2D eigenvalue weighted by molar-refractivity contribution is -0.131. The summed E-state index contributed by atoms with van der Waals surface area (Å²) in [5, 5.41) is 14.4. The van der Waals surface area contributed by atoms with Gasteiger partial charge < -0.3 is 15.4 Å². The van der Waals surface area contributed by atoms with Crippen molar-refractivity contribution in [2.24, 2.45) is 5.92 Å². The summed E-state index contributed by atoms with van der Waals surface area (Å²) in [7, 11) is 0. The Morgan fingerprint density at radius 2 is 1.74 bits per heavy atom. The van der Waals surface area contributed by atoms with Crippen molar-refractivity contribution in [1.82, 2.24) is 10.6 Å². The smallest absolute Gasteiger partial charge is 0.258 e. The highest BCUT2D eigenvalue weighted by Gasteiger charge is 2.24. The molecule has 0 heterocycles. The molecule has 2 aromatic carbocycles. The molecular weight excluding hydrogens is 342 g/mol. The van der Waals surface area contributed by atoms with Crippen molar-refractivity contribution in [1.29, 1.82) is 5.26 Å². The second kappa shape index (κ2) is 9.97. The monoisotopic (exact) mass is 365 g/mol. The van der Waals surface area contributed by atoms with Gasteiger partial charge in [0, 0.05) is 6.54 Å². The number of nitrogens with zero attached hydrogens (tertiary/aromatic N) is 1. The van der Waals surface area contributed by atoms with E-state index >= 15 is 0 Å². The van der Waals surface area contributed by atoms with Crippen molar-refractivity contribution in [3.8, 4) is 11.8 Å². The van der Waals surface area contributed by atoms with Crippen LogP contribution in [0, 0.1) is 17.2 Å². The number of rotatable bonds is 8. The second-order valence-electron chi connectivity index (χ2n) is 6.42. The summed E-state index contributed by atoms with van der Waals surface area (Å²) in [5.41, 5.74) is 1.44. The highest BCUT2D eigenvalue weighted by molar-refractivity contribution is 5.88. The van der Waals surface area contributed by atoms with E-state index in [9.17, 15) is 9.59 Å². The molecule has 0 aliphatic heterocycles. The van der Waals surface area contributed by atoms with Crippen molar-refractivity contribution >= 4 is 11.8 Å². The number of nitriles is 1. The number of ether oxygens (including phenoxy) is 1. The molecule has 1 unspecified atom stereocenters. The molecular formula is C21H23N3O3. The van der Waals surface area contributed by atoms with Crippen LogP contribution in [0.25, 0.3) is 0 Å². The van der Waals surface area contributed by atoms with Crippen LogP contribution >= 0.6 is 0 Å². The molecule has 0 saturated carbocycles. The Kier molecular flexibility index (Phi) is 7.38. The molecule has 2 aromatic rings. The Labute approximate surface area is 159 Å². The Hall–Kier alpha value is -3.33. The van der Waals surface area contributed by atoms with Gasteiger partial charge in [0.2, 0.25) is 5.91 Å². The number of hydrogen-bond acceptors (Lipinski definition) is 4. The SMILES string of the molecule is CC(C)C(NC(=O)COc1ccccc1)C(=O)NCc1ccc(C#N)cc1. The van der Waals surface area contributed by atoms with E-state index in [0.29, 0.717) is 17.9 Å². The van der Waals surface area contributed by atoms with Crippen LogP contribution in [0.1, 0.15) is 25.0 Å². The summed E-state index contributed by atoms with van der Waals surface area (Å²) in [6.07, 6.45) is 0. The van der Waals surface area contributed by atoms with Gasteiger partial charge in [-0.1, -0.05) is 44.2 Å². The Morgan fingerprint density at radius 3 is 2.33 bits per heavy atom. The molecule has 2 amide bonds. The minimum atomic E-state index is -0.657. The molecule has 6 nitrogen and oxygen atoms in total. The Morgan fingerprint density at radius 1 is 1.07 bits per heavy atom. The summed E-state index contributed by atoms with van der Waals surface area (Å²) < 4.78 is 5.41. The predicted molar refractivity (Wildman–Crippen MR) is 102 cm³/mol. The maximum absolute atomic E-state index is 12.5. The predicted octanol–water partition coefficient (Wildman–Crippen LogP) is 2.39. The standard InChI is InChI=1S/C21H23N3O3/c1-15(2)20(24-19(25)14-27-18-6-4-3-5-7-18)21(26)23-13-17-10-8-16(12-22)9-11-17/h3-11,15,20H,13-14H2,1-2H3,(H,23,26)(H,24,25). The molecule has 2 N–H and O–H groups in total. The van der Waals surface area contributed by atoms with E-state index in [2.05, 4.69) is 16.7 Å². The number of amides is 2. The largest absolute Gasteiger partial charge is 0.484 e. The number of carbonyl (C=O) groups excluding carboxylic acids is 2. The number of nitrogens with one attached hydrogen (secondary N) is 2. The van der Waals surface area contributed by atoms with Crippen LogP contribution in [0.4, 0.5) is 0 Å². The van der Waals surface area contributed by atoms with E-state index in [1.165, 1.54) is 0 Å². The number of benzene rings is 2. The van der Waals surface area contributed by atoms with Gasteiger partial charge in [-0.2, -0.15) is 5.26 Å². The third-order valence-electron chi connectivity index (χ3n) is 3.93. The molecule has 0 aliphatic rings. The topological polar surface area (TPSA) is 91.2 Å². The van der Waals surface area contributed by atoms with Gasteiger partial charge in [-0.3, -0.25) is 9.59 Å². The lowest BCUT2D eigenvalue weighted by Gasteiger charge is -2.22. The minimum Gasteiger partial charge on any atom is -0.484 e.